The molecule has 0 heterocycles. The number of carbonyl (C=O) groups is 1. The average molecular weight is 818 g/mol. The highest BCUT2D eigenvalue weighted by Crippen LogP contribution is 2.16. The van der Waals surface area contributed by atoms with Crippen LogP contribution in [0.2, 0.25) is 0 Å². The lowest BCUT2D eigenvalue weighted by Gasteiger charge is -2.27. The summed E-state index contributed by atoms with van der Waals surface area (Å²) in [7, 11) is 0. The van der Waals surface area contributed by atoms with Gasteiger partial charge in [-0.1, -0.05) is 217 Å². The first-order valence-electron chi connectivity index (χ1n) is 25.4. The topological polar surface area (TPSA) is 110 Å². The molecule has 0 aromatic rings. The van der Waals surface area contributed by atoms with Crippen molar-refractivity contribution in [1.82, 2.24) is 5.32 Å². The highest BCUT2D eigenvalue weighted by atomic mass is 16.3. The van der Waals surface area contributed by atoms with E-state index < -0.39 is 36.9 Å². The van der Waals surface area contributed by atoms with Crippen molar-refractivity contribution in [2.45, 2.75) is 282 Å². The number of hydrogen-bond donors (Lipinski definition) is 5. The Morgan fingerprint density at radius 2 is 0.724 bits per heavy atom. The number of aliphatic hydroxyl groups excluding tert-OH is 4. The van der Waals surface area contributed by atoms with Crippen molar-refractivity contribution in [3.63, 3.8) is 0 Å². The Bertz CT molecular complexity index is 919. The van der Waals surface area contributed by atoms with E-state index in [-0.39, 0.29) is 0 Å². The molecule has 0 saturated carbocycles. The Morgan fingerprint density at radius 3 is 1.09 bits per heavy atom. The van der Waals surface area contributed by atoms with Crippen LogP contribution in [-0.2, 0) is 4.79 Å². The van der Waals surface area contributed by atoms with Crippen LogP contribution in [0.4, 0.5) is 0 Å². The molecule has 58 heavy (non-hydrogen) atoms. The summed E-state index contributed by atoms with van der Waals surface area (Å²) in [5.41, 5.74) is 0. The molecule has 0 aromatic carbocycles. The van der Waals surface area contributed by atoms with Crippen molar-refractivity contribution in [2.75, 3.05) is 6.61 Å². The molecule has 342 valence electrons. The number of aliphatic hydroxyl groups is 4. The molecule has 6 nitrogen and oxygen atoms in total. The fraction of sp³-hybridized carbons (Fsp3) is 0.865. The van der Waals surface area contributed by atoms with Gasteiger partial charge in [0, 0.05) is 0 Å². The lowest BCUT2D eigenvalue weighted by atomic mass is 10.00. The van der Waals surface area contributed by atoms with Gasteiger partial charge in [-0.05, 0) is 77.0 Å². The highest BCUT2D eigenvalue weighted by molar-refractivity contribution is 5.80. The number of nitrogens with one attached hydrogen (secondary N) is 1. The van der Waals surface area contributed by atoms with Gasteiger partial charge in [-0.25, -0.2) is 0 Å². The molecule has 0 aliphatic heterocycles. The number of carbonyl (C=O) groups excluding carboxylic acids is 1. The van der Waals surface area contributed by atoms with E-state index in [9.17, 15) is 25.2 Å². The van der Waals surface area contributed by atoms with E-state index in [1.165, 1.54) is 173 Å². The zero-order valence-electron chi connectivity index (χ0n) is 38.5. The molecule has 4 atom stereocenters. The van der Waals surface area contributed by atoms with Gasteiger partial charge >= 0.3 is 0 Å². The molecule has 1 amide bonds. The minimum Gasteiger partial charge on any atom is -0.394 e. The van der Waals surface area contributed by atoms with E-state index in [1.54, 1.807) is 0 Å². The Kier molecular flexibility index (Phi) is 45.4. The van der Waals surface area contributed by atoms with Gasteiger partial charge in [-0.2, -0.15) is 0 Å². The van der Waals surface area contributed by atoms with E-state index >= 15 is 0 Å². The predicted octanol–water partition coefficient (Wildman–Crippen LogP) is 14.1. The van der Waals surface area contributed by atoms with Crippen LogP contribution in [0.3, 0.4) is 0 Å². The molecular formula is C52H99NO5. The quantitative estimate of drug-likeness (QED) is 0.0310. The summed E-state index contributed by atoms with van der Waals surface area (Å²) in [6.07, 6.45) is 56.3. The van der Waals surface area contributed by atoms with Crippen LogP contribution < -0.4 is 5.32 Å². The normalized spacial score (nSPS) is 14.2. The molecule has 0 aliphatic rings. The largest absolute Gasteiger partial charge is 0.394 e. The van der Waals surface area contributed by atoms with Crippen molar-refractivity contribution in [3.05, 3.63) is 36.5 Å². The average Bonchev–Trinajstić information content (AvgIpc) is 3.23. The summed E-state index contributed by atoms with van der Waals surface area (Å²) in [5.74, 6) is -0.605. The second-order valence-corrected chi connectivity index (χ2v) is 17.5. The fourth-order valence-corrected chi connectivity index (χ4v) is 7.77. The van der Waals surface area contributed by atoms with Crippen LogP contribution in [0, 0.1) is 0 Å². The third-order valence-electron chi connectivity index (χ3n) is 11.8. The maximum atomic E-state index is 12.5. The Labute approximate surface area is 360 Å². The lowest BCUT2D eigenvalue weighted by molar-refractivity contribution is -0.132. The number of unbranched alkanes of at least 4 members (excludes halogenated alkanes) is 31. The molecule has 4 unspecified atom stereocenters. The van der Waals surface area contributed by atoms with Gasteiger partial charge in [0.2, 0.25) is 5.91 Å². The molecular weight excluding hydrogens is 719 g/mol. The van der Waals surface area contributed by atoms with E-state index in [1.807, 2.05) is 0 Å². The third-order valence-corrected chi connectivity index (χ3v) is 11.8. The van der Waals surface area contributed by atoms with E-state index in [0.717, 1.165) is 51.4 Å². The second-order valence-electron chi connectivity index (χ2n) is 17.5. The van der Waals surface area contributed by atoms with E-state index in [0.29, 0.717) is 19.3 Å². The molecule has 0 spiro atoms. The monoisotopic (exact) mass is 818 g/mol. The SMILES string of the molecule is CCCCCCCCCCC/C=C\CCCCCCC(O)C(=O)NC(CO)C(O)C(O)CCC/C=C/CC/C=C/CCCCCCCCCCCCCCCCCC. The first-order valence-corrected chi connectivity index (χ1v) is 25.4. The lowest BCUT2D eigenvalue weighted by Crippen LogP contribution is -2.53. The number of hydrogen-bond acceptors (Lipinski definition) is 5. The van der Waals surface area contributed by atoms with E-state index in [4.69, 9.17) is 0 Å². The van der Waals surface area contributed by atoms with Gasteiger partial charge in [0.15, 0.2) is 0 Å². The summed E-state index contributed by atoms with van der Waals surface area (Å²) in [6.45, 7) is 4.05. The molecule has 5 N–H and O–H groups in total. The molecule has 0 saturated heterocycles. The van der Waals surface area contributed by atoms with Crippen LogP contribution in [0.5, 0.6) is 0 Å². The number of rotatable bonds is 46. The van der Waals surface area contributed by atoms with Crippen LogP contribution in [0.25, 0.3) is 0 Å². The molecule has 6 heteroatoms. The van der Waals surface area contributed by atoms with Gasteiger partial charge in [0.25, 0.3) is 0 Å². The predicted molar refractivity (Wildman–Crippen MR) is 251 cm³/mol. The van der Waals surface area contributed by atoms with Gasteiger partial charge in [-0.15, -0.1) is 0 Å². The van der Waals surface area contributed by atoms with Crippen molar-refractivity contribution < 1.29 is 25.2 Å². The summed E-state index contributed by atoms with van der Waals surface area (Å²) < 4.78 is 0. The molecule has 0 radical (unpaired) electrons. The van der Waals surface area contributed by atoms with Crippen LogP contribution in [-0.4, -0.2) is 57.3 Å². The second kappa shape index (κ2) is 46.6. The Balaban J connectivity index is 3.74. The summed E-state index contributed by atoms with van der Waals surface area (Å²) in [4.78, 5) is 12.5. The van der Waals surface area contributed by atoms with Gasteiger partial charge in [-0.3, -0.25) is 4.79 Å². The van der Waals surface area contributed by atoms with Crippen molar-refractivity contribution in [3.8, 4) is 0 Å². The first-order chi connectivity index (χ1) is 28.5. The minimum atomic E-state index is -1.29. The minimum absolute atomic E-state index is 0.346. The Hall–Kier alpha value is -1.47. The maximum Gasteiger partial charge on any atom is 0.249 e. The summed E-state index contributed by atoms with van der Waals surface area (Å²) in [6, 6.07) is -1.01. The zero-order chi connectivity index (χ0) is 42.4. The summed E-state index contributed by atoms with van der Waals surface area (Å²) in [5, 5.41) is 43.8. The van der Waals surface area contributed by atoms with Crippen LogP contribution >= 0.6 is 0 Å². The number of allylic oxidation sites excluding steroid dienone is 6. The van der Waals surface area contributed by atoms with Gasteiger partial charge in [0.05, 0.1) is 18.8 Å². The number of amides is 1. The van der Waals surface area contributed by atoms with Crippen LogP contribution in [0.1, 0.15) is 258 Å². The van der Waals surface area contributed by atoms with Crippen molar-refractivity contribution in [2.24, 2.45) is 0 Å². The molecule has 0 fully saturated rings. The third kappa shape index (κ3) is 40.0. The van der Waals surface area contributed by atoms with Gasteiger partial charge < -0.3 is 25.7 Å². The molecule has 0 aliphatic carbocycles. The van der Waals surface area contributed by atoms with E-state index in [2.05, 4.69) is 55.6 Å². The first kappa shape index (κ1) is 56.5. The zero-order valence-corrected chi connectivity index (χ0v) is 38.5. The van der Waals surface area contributed by atoms with Crippen LogP contribution in [0.15, 0.2) is 36.5 Å². The molecule has 0 rings (SSSR count). The smallest absolute Gasteiger partial charge is 0.249 e. The fourth-order valence-electron chi connectivity index (χ4n) is 7.77. The Morgan fingerprint density at radius 1 is 0.414 bits per heavy atom. The molecule has 0 aromatic heterocycles. The molecule has 0 bridgehead atoms. The standard InChI is InChI=1S/C52H99NO5/c1-3-5-7-9-11-13-15-17-19-21-22-23-24-25-26-27-28-30-31-33-35-37-39-41-43-45-49(55)51(57)48(47-54)53-52(58)50(56)46-44-42-40-38-36-34-32-29-20-18-16-14-12-10-8-6-4-2/h30-32,34,37,39,48-51,54-57H,3-29,33,35-36,38,40-47H2,1-2H3,(H,53,58)/b31-30+,34-32-,39-37+. The van der Waals surface area contributed by atoms with Crippen molar-refractivity contribution in [1.29, 1.82) is 0 Å². The highest BCUT2D eigenvalue weighted by Gasteiger charge is 2.28. The maximum absolute atomic E-state index is 12.5. The van der Waals surface area contributed by atoms with Crippen molar-refractivity contribution >= 4 is 5.91 Å². The van der Waals surface area contributed by atoms with Gasteiger partial charge in [0.1, 0.15) is 12.2 Å². The summed E-state index contributed by atoms with van der Waals surface area (Å²) >= 11 is 0.